The van der Waals surface area contributed by atoms with Crippen molar-refractivity contribution < 1.29 is 19.4 Å². The highest BCUT2D eigenvalue weighted by atomic mass is 16.2. The first-order valence-corrected chi connectivity index (χ1v) is 11.4. The van der Waals surface area contributed by atoms with Crippen LogP contribution in [0.4, 0.5) is 11.4 Å². The number of para-hydroxylation sites is 2. The third kappa shape index (κ3) is 5.14. The number of hydrogen-bond donors (Lipinski definition) is 3. The van der Waals surface area contributed by atoms with Gasteiger partial charge in [-0.25, -0.2) is 0 Å². The summed E-state index contributed by atoms with van der Waals surface area (Å²) in [6.45, 7) is 9.56. The smallest absolute Gasteiger partial charge is 0.282 e. The van der Waals surface area contributed by atoms with Crippen molar-refractivity contribution in [1.29, 1.82) is 0 Å². The molecular weight excluding hydrogens is 388 g/mol. The summed E-state index contributed by atoms with van der Waals surface area (Å²) >= 11 is 0. The summed E-state index contributed by atoms with van der Waals surface area (Å²) in [6, 6.07) is 14.3. The molecule has 3 N–H and O–H groups in total. The Hall–Kier alpha value is -2.70. The quantitative estimate of drug-likeness (QED) is 0.636. The molecule has 1 saturated heterocycles. The maximum absolute atomic E-state index is 13.0. The van der Waals surface area contributed by atoms with Crippen molar-refractivity contribution in [2.75, 3.05) is 56.0 Å². The highest BCUT2D eigenvalue weighted by Gasteiger charge is 2.30. The summed E-state index contributed by atoms with van der Waals surface area (Å²) in [5.74, 6) is 0.287. The number of carbonyl (C=O) groups excluding carboxylic acids is 2. The number of quaternary nitrogens is 2. The van der Waals surface area contributed by atoms with E-state index in [1.54, 1.807) is 0 Å². The zero-order chi connectivity index (χ0) is 21.8. The lowest BCUT2D eigenvalue weighted by Gasteiger charge is -2.33. The third-order valence-electron chi connectivity index (χ3n) is 6.63. The Morgan fingerprint density at radius 2 is 1.55 bits per heavy atom. The lowest BCUT2D eigenvalue weighted by molar-refractivity contribution is -1.00. The maximum Gasteiger partial charge on any atom is 0.282 e. The Labute approximate surface area is 184 Å². The van der Waals surface area contributed by atoms with E-state index in [1.165, 1.54) is 15.4 Å². The van der Waals surface area contributed by atoms with E-state index in [0.717, 1.165) is 68.1 Å². The number of anilines is 2. The van der Waals surface area contributed by atoms with Crippen LogP contribution in [-0.4, -0.2) is 57.6 Å². The fourth-order valence-corrected chi connectivity index (χ4v) is 4.83. The van der Waals surface area contributed by atoms with Gasteiger partial charge in [-0.2, -0.15) is 0 Å². The SMILES string of the molecule is Cc1cccc(C)c1NC(=O)C[NH+]1CC[NH+](CC(=O)N2CCCc3ccccc32)CC1. The molecule has 0 radical (unpaired) electrons. The average molecular weight is 423 g/mol. The minimum Gasteiger partial charge on any atom is -0.321 e. The van der Waals surface area contributed by atoms with Crippen LogP contribution in [0.5, 0.6) is 0 Å². The van der Waals surface area contributed by atoms with Crippen molar-refractivity contribution in [3.63, 3.8) is 0 Å². The molecule has 0 bridgehead atoms. The van der Waals surface area contributed by atoms with Crippen LogP contribution in [0.25, 0.3) is 0 Å². The van der Waals surface area contributed by atoms with Gasteiger partial charge in [-0.15, -0.1) is 0 Å². The van der Waals surface area contributed by atoms with Gasteiger partial charge < -0.3 is 20.0 Å². The molecule has 2 heterocycles. The maximum atomic E-state index is 13.0. The van der Waals surface area contributed by atoms with Gasteiger partial charge >= 0.3 is 0 Å². The van der Waals surface area contributed by atoms with Crippen molar-refractivity contribution in [3.05, 3.63) is 59.2 Å². The molecule has 2 aliphatic heterocycles. The fraction of sp³-hybridized carbons (Fsp3) is 0.440. The zero-order valence-electron chi connectivity index (χ0n) is 18.7. The van der Waals surface area contributed by atoms with Crippen molar-refractivity contribution in [1.82, 2.24) is 0 Å². The van der Waals surface area contributed by atoms with Gasteiger partial charge in [0, 0.05) is 17.9 Å². The minimum atomic E-state index is 0.0665. The second kappa shape index (κ2) is 9.62. The van der Waals surface area contributed by atoms with E-state index >= 15 is 0 Å². The van der Waals surface area contributed by atoms with Gasteiger partial charge in [0.15, 0.2) is 13.1 Å². The summed E-state index contributed by atoms with van der Waals surface area (Å²) < 4.78 is 0. The van der Waals surface area contributed by atoms with E-state index in [9.17, 15) is 9.59 Å². The number of carbonyl (C=O) groups is 2. The normalized spacial score (nSPS) is 20.8. The van der Waals surface area contributed by atoms with Crippen LogP contribution in [0, 0.1) is 13.8 Å². The molecule has 1 fully saturated rings. The summed E-state index contributed by atoms with van der Waals surface area (Å²) in [4.78, 5) is 30.2. The highest BCUT2D eigenvalue weighted by Crippen LogP contribution is 2.26. The topological polar surface area (TPSA) is 58.3 Å². The van der Waals surface area contributed by atoms with Gasteiger partial charge in [0.1, 0.15) is 26.2 Å². The van der Waals surface area contributed by atoms with Gasteiger partial charge in [-0.05, 0) is 49.4 Å². The number of fused-ring (bicyclic) bond motifs is 1. The first kappa shape index (κ1) is 21.5. The highest BCUT2D eigenvalue weighted by molar-refractivity contribution is 5.95. The van der Waals surface area contributed by atoms with Crippen molar-refractivity contribution in [2.24, 2.45) is 0 Å². The number of benzene rings is 2. The predicted molar refractivity (Wildman–Crippen MR) is 123 cm³/mol. The molecule has 2 aliphatic rings. The monoisotopic (exact) mass is 422 g/mol. The molecule has 0 saturated carbocycles. The molecule has 31 heavy (non-hydrogen) atoms. The molecule has 0 spiro atoms. The van der Waals surface area contributed by atoms with Gasteiger partial charge in [0.25, 0.3) is 11.8 Å². The standard InChI is InChI=1S/C25H32N4O2/c1-19-7-5-8-20(2)25(19)26-23(30)17-27-13-15-28(16-14-27)18-24(31)29-12-6-10-21-9-3-4-11-22(21)29/h3-5,7-9,11H,6,10,12-18H2,1-2H3,(H,26,30)/p+2. The molecule has 2 aromatic carbocycles. The van der Waals surface area contributed by atoms with E-state index in [-0.39, 0.29) is 11.8 Å². The first-order chi connectivity index (χ1) is 15.0. The number of amides is 2. The number of nitrogens with zero attached hydrogens (tertiary/aromatic N) is 1. The first-order valence-electron chi connectivity index (χ1n) is 11.4. The van der Waals surface area contributed by atoms with Crippen LogP contribution in [-0.2, 0) is 16.0 Å². The number of aryl methyl sites for hydroxylation is 3. The van der Waals surface area contributed by atoms with Crippen LogP contribution >= 0.6 is 0 Å². The summed E-state index contributed by atoms with van der Waals surface area (Å²) in [6.07, 6.45) is 2.09. The van der Waals surface area contributed by atoms with Crippen molar-refractivity contribution in [3.8, 4) is 0 Å². The molecule has 4 rings (SSSR count). The molecule has 2 aromatic rings. The lowest BCUT2D eigenvalue weighted by atomic mass is 10.0. The van der Waals surface area contributed by atoms with Gasteiger partial charge in [0.05, 0.1) is 0 Å². The Bertz CT molecular complexity index is 930. The average Bonchev–Trinajstić information content (AvgIpc) is 2.77. The van der Waals surface area contributed by atoms with Crippen molar-refractivity contribution >= 4 is 23.2 Å². The van der Waals surface area contributed by atoms with Gasteiger partial charge in [-0.1, -0.05) is 36.4 Å². The molecule has 164 valence electrons. The molecule has 0 aliphatic carbocycles. The molecular formula is C25H34N4O2+2. The van der Waals surface area contributed by atoms with E-state index < -0.39 is 0 Å². The van der Waals surface area contributed by atoms with E-state index in [4.69, 9.17) is 0 Å². The summed E-state index contributed by atoms with van der Waals surface area (Å²) in [7, 11) is 0. The van der Waals surface area contributed by atoms with E-state index in [2.05, 4.69) is 23.5 Å². The minimum absolute atomic E-state index is 0.0665. The van der Waals surface area contributed by atoms with Gasteiger partial charge in [-0.3, -0.25) is 9.59 Å². The van der Waals surface area contributed by atoms with Crippen LogP contribution in [0.2, 0.25) is 0 Å². The van der Waals surface area contributed by atoms with Crippen LogP contribution < -0.4 is 20.0 Å². The van der Waals surface area contributed by atoms with Crippen LogP contribution in [0.1, 0.15) is 23.1 Å². The summed E-state index contributed by atoms with van der Waals surface area (Å²) in [5.41, 5.74) is 5.49. The molecule has 0 aromatic heterocycles. The zero-order valence-corrected chi connectivity index (χ0v) is 18.7. The van der Waals surface area contributed by atoms with Gasteiger partial charge in [0.2, 0.25) is 0 Å². The van der Waals surface area contributed by atoms with E-state index in [1.807, 2.05) is 43.0 Å². The second-order valence-corrected chi connectivity index (χ2v) is 8.95. The number of hydrogen-bond acceptors (Lipinski definition) is 2. The lowest BCUT2D eigenvalue weighted by Crippen LogP contribution is -3.28. The number of piperazine rings is 1. The largest absolute Gasteiger partial charge is 0.321 e. The molecule has 6 heteroatoms. The Balaban J connectivity index is 1.26. The molecule has 6 nitrogen and oxygen atoms in total. The van der Waals surface area contributed by atoms with Crippen molar-refractivity contribution in [2.45, 2.75) is 26.7 Å². The number of nitrogens with one attached hydrogen (secondary N) is 3. The fourth-order valence-electron chi connectivity index (χ4n) is 4.83. The summed E-state index contributed by atoms with van der Waals surface area (Å²) in [5, 5.41) is 3.09. The van der Waals surface area contributed by atoms with E-state index in [0.29, 0.717) is 13.1 Å². The Morgan fingerprint density at radius 3 is 2.26 bits per heavy atom. The third-order valence-corrected chi connectivity index (χ3v) is 6.63. The van der Waals surface area contributed by atoms with Crippen LogP contribution in [0.3, 0.4) is 0 Å². The molecule has 0 unspecified atom stereocenters. The Morgan fingerprint density at radius 1 is 0.903 bits per heavy atom. The molecule has 0 atom stereocenters. The number of rotatable bonds is 5. The predicted octanol–water partition coefficient (Wildman–Crippen LogP) is 0.00474. The molecule has 2 amide bonds. The van der Waals surface area contributed by atoms with Crippen LogP contribution in [0.15, 0.2) is 42.5 Å². The second-order valence-electron chi connectivity index (χ2n) is 8.95. The Kier molecular flexibility index (Phi) is 6.68.